The molecule has 0 spiro atoms. The maximum Gasteiger partial charge on any atom is 0.303 e. The molecule has 0 heterocycles. The number of carboxylic acid groups (broad SMARTS) is 1. The van der Waals surface area contributed by atoms with Gasteiger partial charge in [0.2, 0.25) is 0 Å². The molecule has 0 radical (unpaired) electrons. The summed E-state index contributed by atoms with van der Waals surface area (Å²) in [5, 5.41) is 8.52. The van der Waals surface area contributed by atoms with Gasteiger partial charge in [0, 0.05) is 6.42 Å². The van der Waals surface area contributed by atoms with Gasteiger partial charge in [0.1, 0.15) is 0 Å². The van der Waals surface area contributed by atoms with Gasteiger partial charge in [-0.2, -0.15) is 0 Å². The van der Waals surface area contributed by atoms with Crippen LogP contribution in [0.25, 0.3) is 0 Å². The Morgan fingerprint density at radius 2 is 1.79 bits per heavy atom. The molecule has 1 unspecified atom stereocenters. The van der Waals surface area contributed by atoms with Gasteiger partial charge < -0.3 is 5.11 Å². The highest BCUT2D eigenvalue weighted by Crippen LogP contribution is 2.13. The van der Waals surface area contributed by atoms with Crippen molar-refractivity contribution >= 4 is 18.4 Å². The molecule has 3 heteroatoms. The fourth-order valence-corrected chi connectivity index (χ4v) is 1.50. The molecular weight excluding hydrogens is 200 g/mol. The van der Waals surface area contributed by atoms with E-state index < -0.39 is 5.97 Å². The number of carbonyl (C=O) groups is 1. The third kappa shape index (κ3) is 11.8. The van der Waals surface area contributed by atoms with E-state index in [9.17, 15) is 4.79 Å². The van der Waals surface area contributed by atoms with Crippen molar-refractivity contribution in [3.05, 3.63) is 0 Å². The maximum absolute atomic E-state index is 10.3. The third-order valence-corrected chi connectivity index (χ3v) is 2.32. The minimum absolute atomic E-state index is 0. The maximum atomic E-state index is 10.3. The molecule has 0 aliphatic heterocycles. The van der Waals surface area contributed by atoms with Crippen LogP contribution >= 0.6 is 12.4 Å². The smallest absolute Gasteiger partial charge is 0.303 e. The van der Waals surface area contributed by atoms with Crippen LogP contribution in [-0.4, -0.2) is 11.1 Å². The van der Waals surface area contributed by atoms with Gasteiger partial charge in [-0.15, -0.1) is 12.4 Å². The normalized spacial score (nSPS) is 11.9. The minimum Gasteiger partial charge on any atom is -0.481 e. The number of rotatable bonds is 8. The summed E-state index contributed by atoms with van der Waals surface area (Å²) in [5.41, 5.74) is 0. The second-order valence-electron chi connectivity index (χ2n) is 3.91. The summed E-state index contributed by atoms with van der Waals surface area (Å²) >= 11 is 0. The van der Waals surface area contributed by atoms with Crippen molar-refractivity contribution in [1.29, 1.82) is 0 Å². The molecule has 0 saturated carbocycles. The Kier molecular flexibility index (Phi) is 12.5. The molecule has 0 bridgehead atoms. The molecule has 1 atom stereocenters. The van der Waals surface area contributed by atoms with Gasteiger partial charge in [-0.1, -0.05) is 52.4 Å². The fourth-order valence-electron chi connectivity index (χ4n) is 1.50. The summed E-state index contributed by atoms with van der Waals surface area (Å²) in [6, 6.07) is 0. The summed E-state index contributed by atoms with van der Waals surface area (Å²) in [4.78, 5) is 10.3. The van der Waals surface area contributed by atoms with E-state index in [-0.39, 0.29) is 12.4 Å². The first kappa shape index (κ1) is 16.2. The van der Waals surface area contributed by atoms with Gasteiger partial charge in [0.05, 0.1) is 0 Å². The van der Waals surface area contributed by atoms with Gasteiger partial charge in [-0.3, -0.25) is 4.79 Å². The monoisotopic (exact) mass is 222 g/mol. The molecule has 0 aliphatic carbocycles. The van der Waals surface area contributed by atoms with Gasteiger partial charge in [-0.05, 0) is 5.92 Å². The van der Waals surface area contributed by atoms with Crippen LogP contribution in [0.1, 0.15) is 58.8 Å². The fraction of sp³-hybridized carbons (Fsp3) is 0.909. The average Bonchev–Trinajstić information content (AvgIpc) is 2.02. The second-order valence-corrected chi connectivity index (χ2v) is 3.91. The van der Waals surface area contributed by atoms with E-state index in [2.05, 4.69) is 6.92 Å². The summed E-state index contributed by atoms with van der Waals surface area (Å²) in [6.07, 6.45) is 7.73. The van der Waals surface area contributed by atoms with Crippen LogP contribution in [0.2, 0.25) is 0 Å². The van der Waals surface area contributed by atoms with Crippen molar-refractivity contribution in [3.8, 4) is 0 Å². The van der Waals surface area contributed by atoms with Crippen molar-refractivity contribution in [3.63, 3.8) is 0 Å². The zero-order valence-corrected chi connectivity index (χ0v) is 10.1. The van der Waals surface area contributed by atoms with Gasteiger partial charge >= 0.3 is 5.97 Å². The number of hydrogen-bond acceptors (Lipinski definition) is 1. The van der Waals surface area contributed by atoms with Crippen LogP contribution in [0.4, 0.5) is 0 Å². The molecule has 86 valence electrons. The zero-order valence-electron chi connectivity index (χ0n) is 9.29. The van der Waals surface area contributed by atoms with E-state index in [1.807, 2.05) is 6.92 Å². The predicted molar refractivity (Wildman–Crippen MR) is 62.0 cm³/mol. The molecule has 0 aromatic rings. The minimum atomic E-state index is -0.666. The van der Waals surface area contributed by atoms with Crippen molar-refractivity contribution in [2.24, 2.45) is 5.92 Å². The van der Waals surface area contributed by atoms with Gasteiger partial charge in [0.25, 0.3) is 0 Å². The topological polar surface area (TPSA) is 37.3 Å². The molecule has 14 heavy (non-hydrogen) atoms. The predicted octanol–water partition coefficient (Wildman–Crippen LogP) is 3.88. The molecule has 0 fully saturated rings. The molecule has 1 N–H and O–H groups in total. The number of aliphatic carboxylic acids is 1. The second kappa shape index (κ2) is 10.8. The van der Waals surface area contributed by atoms with E-state index in [0.29, 0.717) is 12.3 Å². The van der Waals surface area contributed by atoms with Crippen molar-refractivity contribution < 1.29 is 9.90 Å². The van der Waals surface area contributed by atoms with Crippen molar-refractivity contribution in [2.45, 2.75) is 58.8 Å². The molecule has 0 amide bonds. The van der Waals surface area contributed by atoms with E-state index in [1.54, 1.807) is 0 Å². The lowest BCUT2D eigenvalue weighted by Crippen LogP contribution is -2.03. The van der Waals surface area contributed by atoms with Crippen LogP contribution in [0.5, 0.6) is 0 Å². The summed E-state index contributed by atoms with van der Waals surface area (Å²) in [5.74, 6) is -0.319. The van der Waals surface area contributed by atoms with E-state index in [4.69, 9.17) is 5.11 Å². The first-order chi connectivity index (χ1) is 6.16. The molecule has 0 saturated heterocycles. The molecular formula is C11H23ClO2. The highest BCUT2D eigenvalue weighted by molar-refractivity contribution is 5.85. The SMILES string of the molecule is CCCCCCCC(C)CC(=O)O.Cl. The highest BCUT2D eigenvalue weighted by atomic mass is 35.5. The van der Waals surface area contributed by atoms with Gasteiger partial charge in [-0.25, -0.2) is 0 Å². The van der Waals surface area contributed by atoms with Crippen LogP contribution in [0.3, 0.4) is 0 Å². The number of unbranched alkanes of at least 4 members (excludes halogenated alkanes) is 4. The quantitative estimate of drug-likeness (QED) is 0.633. The first-order valence-corrected chi connectivity index (χ1v) is 5.38. The Labute approximate surface area is 93.5 Å². The molecule has 0 rings (SSSR count). The Hall–Kier alpha value is -0.240. The number of carboxylic acids is 1. The number of hydrogen-bond donors (Lipinski definition) is 1. The lowest BCUT2D eigenvalue weighted by molar-refractivity contribution is -0.138. The van der Waals surface area contributed by atoms with E-state index in [0.717, 1.165) is 6.42 Å². The summed E-state index contributed by atoms with van der Waals surface area (Å²) in [6.45, 7) is 4.22. The molecule has 0 aromatic heterocycles. The van der Waals surface area contributed by atoms with Crippen molar-refractivity contribution in [1.82, 2.24) is 0 Å². The Balaban J connectivity index is 0. The summed E-state index contributed by atoms with van der Waals surface area (Å²) < 4.78 is 0. The average molecular weight is 223 g/mol. The van der Waals surface area contributed by atoms with Crippen LogP contribution in [0.15, 0.2) is 0 Å². The lowest BCUT2D eigenvalue weighted by atomic mass is 9.99. The standard InChI is InChI=1S/C11H22O2.ClH/c1-3-4-5-6-7-8-10(2)9-11(12)13;/h10H,3-9H2,1-2H3,(H,12,13);1H. The van der Waals surface area contributed by atoms with Crippen LogP contribution in [0, 0.1) is 5.92 Å². The van der Waals surface area contributed by atoms with Gasteiger partial charge in [0.15, 0.2) is 0 Å². The van der Waals surface area contributed by atoms with E-state index in [1.165, 1.54) is 32.1 Å². The third-order valence-electron chi connectivity index (χ3n) is 2.32. The van der Waals surface area contributed by atoms with E-state index >= 15 is 0 Å². The summed E-state index contributed by atoms with van der Waals surface area (Å²) in [7, 11) is 0. The number of halogens is 1. The Morgan fingerprint density at radius 3 is 2.29 bits per heavy atom. The lowest BCUT2D eigenvalue weighted by Gasteiger charge is -2.07. The largest absolute Gasteiger partial charge is 0.481 e. The van der Waals surface area contributed by atoms with Crippen molar-refractivity contribution in [2.75, 3.05) is 0 Å². The van der Waals surface area contributed by atoms with Crippen LogP contribution < -0.4 is 0 Å². The van der Waals surface area contributed by atoms with Crippen LogP contribution in [-0.2, 0) is 4.79 Å². The zero-order chi connectivity index (χ0) is 10.1. The Morgan fingerprint density at radius 1 is 1.21 bits per heavy atom. The highest BCUT2D eigenvalue weighted by Gasteiger charge is 2.06. The molecule has 2 nitrogen and oxygen atoms in total. The first-order valence-electron chi connectivity index (χ1n) is 5.38. The molecule has 0 aromatic carbocycles. The Bertz CT molecular complexity index is 137. The molecule has 0 aliphatic rings.